The van der Waals surface area contributed by atoms with Gasteiger partial charge in [0.25, 0.3) is 0 Å². The van der Waals surface area contributed by atoms with Crippen molar-refractivity contribution >= 4 is 34.2 Å². The van der Waals surface area contributed by atoms with Crippen molar-refractivity contribution in [3.05, 3.63) is 65.0 Å². The zero-order valence-electron chi connectivity index (χ0n) is 16.7. The Kier molecular flexibility index (Phi) is 5.78. The molecule has 1 saturated heterocycles. The van der Waals surface area contributed by atoms with Gasteiger partial charge in [0, 0.05) is 11.3 Å². The molecular weight excluding hydrogens is 400 g/mol. The van der Waals surface area contributed by atoms with Crippen LogP contribution in [0.15, 0.2) is 54.6 Å². The van der Waals surface area contributed by atoms with Crippen LogP contribution in [-0.4, -0.2) is 30.1 Å². The van der Waals surface area contributed by atoms with Crippen LogP contribution < -0.4 is 15.5 Å². The minimum absolute atomic E-state index is 0.0124. The first kappa shape index (κ1) is 20.1. The largest absolute Gasteiger partial charge is 0.450 e. The van der Waals surface area contributed by atoms with E-state index in [1.807, 2.05) is 61.5 Å². The molecule has 0 spiro atoms. The lowest BCUT2D eigenvalue weighted by atomic mass is 10.1. The lowest BCUT2D eigenvalue weighted by molar-refractivity contribution is -0.116. The van der Waals surface area contributed by atoms with Crippen LogP contribution in [-0.2, 0) is 9.53 Å². The Hall–Kier alpha value is -3.23. The van der Waals surface area contributed by atoms with Gasteiger partial charge in [0.1, 0.15) is 6.17 Å². The first-order valence-electron chi connectivity index (χ1n) is 9.69. The summed E-state index contributed by atoms with van der Waals surface area (Å²) in [5, 5.41) is 6.42. The molecule has 154 valence electrons. The average molecular weight is 423 g/mol. The summed E-state index contributed by atoms with van der Waals surface area (Å²) in [6.07, 6.45) is -0.937. The number of carbonyl (C=O) groups is 2. The first-order chi connectivity index (χ1) is 14.6. The number of para-hydroxylation sites is 1. The summed E-state index contributed by atoms with van der Waals surface area (Å²) in [6.45, 7) is 4.23. The molecule has 8 heteroatoms. The second-order valence-corrected chi connectivity index (χ2v) is 7.81. The van der Waals surface area contributed by atoms with E-state index < -0.39 is 6.09 Å². The third-order valence-electron chi connectivity index (χ3n) is 4.78. The van der Waals surface area contributed by atoms with Crippen molar-refractivity contribution in [2.45, 2.75) is 20.0 Å². The molecule has 1 aliphatic heterocycles. The second kappa shape index (κ2) is 8.64. The maximum atomic E-state index is 12.8. The number of ether oxygens (including phenoxy) is 1. The van der Waals surface area contributed by atoms with Crippen molar-refractivity contribution in [2.75, 3.05) is 23.4 Å². The molecule has 7 nitrogen and oxygen atoms in total. The molecule has 3 aromatic rings. The predicted octanol–water partition coefficient (Wildman–Crippen LogP) is 4.32. The average Bonchev–Trinajstić information content (AvgIpc) is 3.32. The van der Waals surface area contributed by atoms with E-state index in [1.165, 1.54) is 11.3 Å². The zero-order chi connectivity index (χ0) is 21.1. The highest BCUT2D eigenvalue weighted by molar-refractivity contribution is 7.16. The number of carbonyl (C=O) groups excluding carboxylic acids is 2. The van der Waals surface area contributed by atoms with Gasteiger partial charge >= 0.3 is 6.09 Å². The molecule has 2 amide bonds. The fraction of sp³-hybridized carbons (Fsp3) is 0.227. The Labute approximate surface area is 178 Å². The first-order valence-corrected chi connectivity index (χ1v) is 10.5. The number of rotatable bonds is 5. The van der Waals surface area contributed by atoms with E-state index in [1.54, 1.807) is 11.8 Å². The topological polar surface area (TPSA) is 83.6 Å². The van der Waals surface area contributed by atoms with Crippen LogP contribution in [0.4, 0.5) is 15.6 Å². The van der Waals surface area contributed by atoms with E-state index >= 15 is 0 Å². The van der Waals surface area contributed by atoms with Gasteiger partial charge in [-0.15, -0.1) is 0 Å². The van der Waals surface area contributed by atoms with Crippen molar-refractivity contribution in [1.29, 1.82) is 0 Å². The summed E-state index contributed by atoms with van der Waals surface area (Å²) in [5.41, 5.74) is 3.49. The monoisotopic (exact) mass is 422 g/mol. The number of aryl methyl sites for hydroxylation is 1. The van der Waals surface area contributed by atoms with Crippen LogP contribution in [0, 0.1) is 6.92 Å². The quantitative estimate of drug-likeness (QED) is 0.640. The molecule has 0 saturated carbocycles. The number of benzene rings is 2. The Balaban J connectivity index is 1.78. The van der Waals surface area contributed by atoms with Crippen LogP contribution in [0.5, 0.6) is 0 Å². The van der Waals surface area contributed by atoms with E-state index in [0.29, 0.717) is 5.13 Å². The van der Waals surface area contributed by atoms with Gasteiger partial charge in [-0.05, 0) is 25.5 Å². The smallest absolute Gasteiger partial charge is 0.413 e. The summed E-state index contributed by atoms with van der Waals surface area (Å²) < 4.78 is 4.99. The Morgan fingerprint density at radius 3 is 2.70 bits per heavy atom. The third kappa shape index (κ3) is 3.92. The molecule has 4 rings (SSSR count). The second-order valence-electron chi connectivity index (χ2n) is 6.78. The fourth-order valence-electron chi connectivity index (χ4n) is 3.45. The maximum absolute atomic E-state index is 12.8. The van der Waals surface area contributed by atoms with Crippen molar-refractivity contribution in [2.24, 2.45) is 0 Å². The van der Waals surface area contributed by atoms with Crippen molar-refractivity contribution in [1.82, 2.24) is 10.3 Å². The summed E-state index contributed by atoms with van der Waals surface area (Å²) >= 11 is 1.33. The molecule has 1 fully saturated rings. The van der Waals surface area contributed by atoms with E-state index in [2.05, 4.69) is 15.6 Å². The molecule has 30 heavy (non-hydrogen) atoms. The highest BCUT2D eigenvalue weighted by atomic mass is 32.1. The van der Waals surface area contributed by atoms with E-state index in [4.69, 9.17) is 4.74 Å². The normalized spacial score (nSPS) is 16.0. The number of thiazole rings is 1. The SMILES string of the molecule is CCOC(=O)Nc1nc(-c2ccccc2)c(C2NCC(=O)N2c2ccccc2C)s1. The number of nitrogens with one attached hydrogen (secondary N) is 2. The molecule has 0 radical (unpaired) electrons. The van der Waals surface area contributed by atoms with Gasteiger partial charge in [0.2, 0.25) is 5.91 Å². The molecule has 1 unspecified atom stereocenters. The third-order valence-corrected chi connectivity index (χ3v) is 5.81. The Morgan fingerprint density at radius 2 is 1.97 bits per heavy atom. The standard InChI is InChI=1S/C22H22N4O3S/c1-3-29-22(28)25-21-24-18(15-10-5-4-6-11-15)19(30-21)20-23-13-17(27)26(20)16-12-8-7-9-14(16)2/h4-12,20,23H,3,13H2,1-2H3,(H,24,25,28). The zero-order valence-corrected chi connectivity index (χ0v) is 17.5. The molecule has 1 aliphatic rings. The number of aromatic nitrogens is 1. The van der Waals surface area contributed by atoms with Crippen molar-refractivity contribution in [3.63, 3.8) is 0 Å². The van der Waals surface area contributed by atoms with Gasteiger partial charge in [-0.3, -0.25) is 20.3 Å². The van der Waals surface area contributed by atoms with Crippen LogP contribution in [0.3, 0.4) is 0 Å². The molecule has 2 aromatic carbocycles. The van der Waals surface area contributed by atoms with Crippen LogP contribution in [0.2, 0.25) is 0 Å². The molecule has 2 N–H and O–H groups in total. The van der Waals surface area contributed by atoms with E-state index in [9.17, 15) is 9.59 Å². The molecule has 1 aromatic heterocycles. The Bertz CT molecular complexity index is 1070. The minimum atomic E-state index is -0.552. The number of amides is 2. The maximum Gasteiger partial charge on any atom is 0.413 e. The van der Waals surface area contributed by atoms with Crippen molar-refractivity contribution in [3.8, 4) is 11.3 Å². The van der Waals surface area contributed by atoms with Gasteiger partial charge in [-0.25, -0.2) is 9.78 Å². The molecular formula is C22H22N4O3S. The lowest BCUT2D eigenvalue weighted by Gasteiger charge is -2.25. The van der Waals surface area contributed by atoms with Gasteiger partial charge in [0.15, 0.2) is 5.13 Å². The van der Waals surface area contributed by atoms with Crippen LogP contribution in [0.1, 0.15) is 23.5 Å². The highest BCUT2D eigenvalue weighted by Gasteiger charge is 2.37. The molecule has 1 atom stereocenters. The van der Waals surface area contributed by atoms with Crippen molar-refractivity contribution < 1.29 is 14.3 Å². The molecule has 0 aliphatic carbocycles. The fourth-order valence-corrected chi connectivity index (χ4v) is 4.49. The van der Waals surface area contributed by atoms with E-state index in [0.717, 1.165) is 27.4 Å². The number of nitrogens with zero attached hydrogens (tertiary/aromatic N) is 2. The molecule has 0 bridgehead atoms. The summed E-state index contributed by atoms with van der Waals surface area (Å²) in [5.74, 6) is -0.0124. The highest BCUT2D eigenvalue weighted by Crippen LogP contribution is 2.40. The number of hydrogen-bond acceptors (Lipinski definition) is 6. The van der Waals surface area contributed by atoms with Crippen LogP contribution in [0.25, 0.3) is 11.3 Å². The summed E-state index contributed by atoms with van der Waals surface area (Å²) in [6, 6.07) is 17.5. The van der Waals surface area contributed by atoms with Gasteiger partial charge in [-0.1, -0.05) is 59.9 Å². The summed E-state index contributed by atoms with van der Waals surface area (Å²) in [7, 11) is 0. The minimum Gasteiger partial charge on any atom is -0.450 e. The van der Waals surface area contributed by atoms with Gasteiger partial charge in [0.05, 0.1) is 23.7 Å². The van der Waals surface area contributed by atoms with E-state index in [-0.39, 0.29) is 25.2 Å². The Morgan fingerprint density at radius 1 is 1.23 bits per heavy atom. The van der Waals surface area contributed by atoms with Gasteiger partial charge in [-0.2, -0.15) is 0 Å². The summed E-state index contributed by atoms with van der Waals surface area (Å²) in [4.78, 5) is 32.0. The predicted molar refractivity (Wildman–Crippen MR) is 118 cm³/mol. The number of anilines is 2. The number of hydrogen-bond donors (Lipinski definition) is 2. The molecule has 2 heterocycles. The van der Waals surface area contributed by atoms with Crippen LogP contribution >= 0.6 is 11.3 Å². The van der Waals surface area contributed by atoms with Gasteiger partial charge < -0.3 is 4.74 Å². The lowest BCUT2D eigenvalue weighted by Crippen LogP contribution is -2.30.